The van der Waals surface area contributed by atoms with Crippen LogP contribution >= 0.6 is 11.3 Å². The highest BCUT2D eigenvalue weighted by Gasteiger charge is 2.39. The van der Waals surface area contributed by atoms with Gasteiger partial charge in [0, 0.05) is 23.7 Å². The van der Waals surface area contributed by atoms with Gasteiger partial charge in [-0.15, -0.1) is 10.2 Å². The second-order valence-corrected chi connectivity index (χ2v) is 9.06. The van der Waals surface area contributed by atoms with Gasteiger partial charge in [0.25, 0.3) is 0 Å². The minimum Gasteiger partial charge on any atom is -0.494 e. The molecule has 0 spiro atoms. The van der Waals surface area contributed by atoms with Crippen molar-refractivity contribution in [2.24, 2.45) is 16.1 Å². The molecule has 0 fully saturated rings. The molecule has 2 unspecified atom stereocenters. The van der Waals surface area contributed by atoms with Gasteiger partial charge in [0.1, 0.15) is 17.6 Å². The maximum absolute atomic E-state index is 10.9. The van der Waals surface area contributed by atoms with E-state index in [9.17, 15) is 14.9 Å². The highest BCUT2D eigenvalue weighted by Crippen LogP contribution is 2.48. The number of hydrogen-bond acceptors (Lipinski definition) is 9. The summed E-state index contributed by atoms with van der Waals surface area (Å²) in [6, 6.07) is 3.77. The molecular weight excluding hydrogens is 422 g/mol. The summed E-state index contributed by atoms with van der Waals surface area (Å²) in [5.74, 6) is 0.109. The fourth-order valence-electron chi connectivity index (χ4n) is 4.16. The summed E-state index contributed by atoms with van der Waals surface area (Å²) in [6.45, 7) is 6.37. The maximum Gasteiger partial charge on any atom is 0.345 e. The number of methoxy groups -OCH3 is 1. The zero-order chi connectivity index (χ0) is 22.8. The van der Waals surface area contributed by atoms with E-state index >= 15 is 0 Å². The fraction of sp³-hybridized carbons (Fsp3) is 0.500. The van der Waals surface area contributed by atoms with E-state index in [1.807, 2.05) is 12.1 Å². The summed E-state index contributed by atoms with van der Waals surface area (Å²) < 4.78 is 5.48. The highest BCUT2D eigenvalue weighted by atomic mass is 32.1. The number of azo groups is 1. The topological polar surface area (TPSA) is 139 Å². The first-order valence-corrected chi connectivity index (χ1v) is 10.7. The summed E-state index contributed by atoms with van der Waals surface area (Å²) in [6.07, 6.45) is 2.68. The molecular formula is C20H25N5O5S. The van der Waals surface area contributed by atoms with Gasteiger partial charge in [-0.1, -0.05) is 6.92 Å². The second-order valence-electron chi connectivity index (χ2n) is 8.08. The number of ether oxygens (including phenoxy) is 1. The molecule has 1 aliphatic rings. The van der Waals surface area contributed by atoms with Gasteiger partial charge in [0.05, 0.1) is 12.0 Å². The molecule has 0 saturated carbocycles. The van der Waals surface area contributed by atoms with Crippen molar-refractivity contribution in [1.29, 1.82) is 0 Å². The molecule has 31 heavy (non-hydrogen) atoms. The number of carboxylic acid groups (broad SMARTS) is 1. The number of thiazole rings is 1. The van der Waals surface area contributed by atoms with Crippen LogP contribution < -0.4 is 10.1 Å². The van der Waals surface area contributed by atoms with Crippen LogP contribution in [-0.4, -0.2) is 33.6 Å². The third kappa shape index (κ3) is 4.98. The van der Waals surface area contributed by atoms with Crippen LogP contribution in [0.25, 0.3) is 0 Å². The van der Waals surface area contributed by atoms with Crippen LogP contribution in [0.1, 0.15) is 51.5 Å². The van der Waals surface area contributed by atoms with Crippen molar-refractivity contribution in [3.63, 3.8) is 0 Å². The van der Waals surface area contributed by atoms with Gasteiger partial charge in [0.15, 0.2) is 0 Å². The van der Waals surface area contributed by atoms with E-state index < -0.39 is 10.9 Å². The molecule has 3 rings (SSSR count). The van der Waals surface area contributed by atoms with Crippen LogP contribution in [0.3, 0.4) is 0 Å². The number of fused-ring (bicyclic) bond motifs is 1. The van der Waals surface area contributed by atoms with Crippen LogP contribution in [0.2, 0.25) is 0 Å². The molecule has 0 amide bonds. The third-order valence-electron chi connectivity index (χ3n) is 5.64. The van der Waals surface area contributed by atoms with E-state index in [2.05, 4.69) is 41.3 Å². The summed E-state index contributed by atoms with van der Waals surface area (Å²) in [4.78, 5) is 25.1. The number of anilines is 1. The van der Waals surface area contributed by atoms with Gasteiger partial charge in [-0.25, -0.2) is 4.98 Å². The number of aromatic nitrogens is 1. The molecule has 2 heterocycles. The van der Waals surface area contributed by atoms with Crippen molar-refractivity contribution >= 4 is 38.8 Å². The van der Waals surface area contributed by atoms with Gasteiger partial charge in [-0.3, -0.25) is 14.9 Å². The quantitative estimate of drug-likeness (QED) is 0.302. The Balaban J connectivity index is 1.91. The van der Waals surface area contributed by atoms with Crippen LogP contribution in [0, 0.1) is 16.0 Å². The fourth-order valence-corrected chi connectivity index (χ4v) is 4.71. The van der Waals surface area contributed by atoms with Crippen LogP contribution in [0.15, 0.2) is 28.6 Å². The summed E-state index contributed by atoms with van der Waals surface area (Å²) in [5, 5.41) is 31.7. The summed E-state index contributed by atoms with van der Waals surface area (Å²) in [7, 11) is 1.54. The van der Waals surface area contributed by atoms with Gasteiger partial charge in [-0.05, 0) is 61.5 Å². The van der Waals surface area contributed by atoms with Crippen molar-refractivity contribution in [2.75, 3.05) is 12.4 Å². The average molecular weight is 448 g/mol. The lowest BCUT2D eigenvalue weighted by Gasteiger charge is -2.45. The normalized spacial score (nSPS) is 19.6. The zero-order valence-electron chi connectivity index (χ0n) is 17.8. The van der Waals surface area contributed by atoms with E-state index in [0.29, 0.717) is 17.9 Å². The molecule has 2 atom stereocenters. The van der Waals surface area contributed by atoms with Crippen LogP contribution in [-0.2, 0) is 4.79 Å². The smallest absolute Gasteiger partial charge is 0.345 e. The average Bonchev–Trinajstić information content (AvgIpc) is 3.17. The summed E-state index contributed by atoms with van der Waals surface area (Å²) in [5.41, 5.74) is 2.25. The minimum atomic E-state index is -0.788. The molecule has 0 saturated heterocycles. The number of nitrogens with one attached hydrogen (secondary N) is 1. The standard InChI is InChI=1S/C20H25N5O5S/c1-11-12-8-15(23-24-19-21-10-17(31-19)25(28)29)16(30-4)9-14(12)22-20(2,3)13(11)6-5-7-18(26)27/h8-11,13,22H,5-7H2,1-4H3,(H,26,27)/b24-23+. The van der Waals surface area contributed by atoms with Crippen molar-refractivity contribution in [1.82, 2.24) is 4.98 Å². The lowest BCUT2D eigenvalue weighted by Crippen LogP contribution is -2.45. The van der Waals surface area contributed by atoms with E-state index in [4.69, 9.17) is 9.84 Å². The van der Waals surface area contributed by atoms with Crippen LogP contribution in [0.5, 0.6) is 5.75 Å². The largest absolute Gasteiger partial charge is 0.494 e. The van der Waals surface area contributed by atoms with Crippen molar-refractivity contribution in [3.8, 4) is 5.75 Å². The van der Waals surface area contributed by atoms with Gasteiger partial charge >= 0.3 is 11.0 Å². The molecule has 0 aliphatic carbocycles. The van der Waals surface area contributed by atoms with E-state index in [-0.39, 0.29) is 33.9 Å². The predicted molar refractivity (Wildman–Crippen MR) is 117 cm³/mol. The zero-order valence-corrected chi connectivity index (χ0v) is 18.6. The third-order valence-corrected chi connectivity index (χ3v) is 6.47. The second kappa shape index (κ2) is 8.96. The van der Waals surface area contributed by atoms with Crippen LogP contribution in [0.4, 0.5) is 21.5 Å². The van der Waals surface area contributed by atoms with Crippen molar-refractivity contribution in [3.05, 3.63) is 34.0 Å². The Morgan fingerprint density at radius 2 is 2.16 bits per heavy atom. The van der Waals surface area contributed by atoms with Gasteiger partial charge in [0.2, 0.25) is 5.13 Å². The Bertz CT molecular complexity index is 1020. The Labute approximate surface area is 183 Å². The monoisotopic (exact) mass is 447 g/mol. The first kappa shape index (κ1) is 22.6. The molecule has 10 nitrogen and oxygen atoms in total. The molecule has 2 N–H and O–H groups in total. The van der Waals surface area contributed by atoms with Gasteiger partial charge < -0.3 is 15.2 Å². The minimum absolute atomic E-state index is 0.101. The highest BCUT2D eigenvalue weighted by molar-refractivity contribution is 7.18. The predicted octanol–water partition coefficient (Wildman–Crippen LogP) is 5.65. The number of rotatable bonds is 8. The number of aliphatic carboxylic acids is 1. The molecule has 0 bridgehead atoms. The lowest BCUT2D eigenvalue weighted by molar-refractivity contribution is -0.380. The van der Waals surface area contributed by atoms with Crippen molar-refractivity contribution in [2.45, 2.75) is 51.5 Å². The number of carbonyl (C=O) groups is 1. The first-order valence-electron chi connectivity index (χ1n) is 9.86. The number of hydrogen-bond donors (Lipinski definition) is 2. The first-order chi connectivity index (χ1) is 14.6. The van der Waals surface area contributed by atoms with E-state index in [1.165, 1.54) is 0 Å². The SMILES string of the molecule is COc1cc2c(cc1/N=N/c1ncc([N+](=O)[O-])s1)C(C)C(CCCC(=O)O)C(C)(C)N2. The Hall–Kier alpha value is -3.08. The molecule has 166 valence electrons. The van der Waals surface area contributed by atoms with E-state index in [1.54, 1.807) is 7.11 Å². The summed E-state index contributed by atoms with van der Waals surface area (Å²) >= 11 is 0.843. The molecule has 1 aromatic carbocycles. The molecule has 1 aliphatic heterocycles. The molecule has 11 heteroatoms. The Morgan fingerprint density at radius 3 is 2.77 bits per heavy atom. The lowest BCUT2D eigenvalue weighted by atomic mass is 9.69. The van der Waals surface area contributed by atoms with Gasteiger partial charge in [-0.2, -0.15) is 0 Å². The molecule has 1 aromatic heterocycles. The Morgan fingerprint density at radius 1 is 1.42 bits per heavy atom. The van der Waals surface area contributed by atoms with Crippen molar-refractivity contribution < 1.29 is 19.6 Å². The number of nitro groups is 1. The Kier molecular flexibility index (Phi) is 6.54. The number of benzene rings is 1. The van der Waals surface area contributed by atoms with E-state index in [0.717, 1.165) is 35.2 Å². The molecule has 2 aromatic rings. The maximum atomic E-state index is 10.9. The molecule has 0 radical (unpaired) electrons. The number of carboxylic acids is 1. The number of nitrogens with zero attached hydrogens (tertiary/aromatic N) is 4.